The summed E-state index contributed by atoms with van der Waals surface area (Å²) in [7, 11) is 1.93. The van der Waals surface area contributed by atoms with Gasteiger partial charge >= 0.3 is 0 Å². The van der Waals surface area contributed by atoms with Crippen LogP contribution in [0.4, 0.5) is 11.6 Å². The Hall–Kier alpha value is -1.32. The summed E-state index contributed by atoms with van der Waals surface area (Å²) < 4.78 is 0. The first-order chi connectivity index (χ1) is 8.96. The fraction of sp³-hybridized carbons (Fsp3) is 0.733. The molecule has 0 saturated carbocycles. The SMILES string of the molecule is CCc1nc(NC)c(C)c(N2CCCC(C)(C)C2)n1. The van der Waals surface area contributed by atoms with Crippen molar-refractivity contribution < 1.29 is 0 Å². The molecule has 0 bridgehead atoms. The van der Waals surface area contributed by atoms with Crippen molar-refractivity contribution in [2.24, 2.45) is 5.41 Å². The van der Waals surface area contributed by atoms with E-state index in [1.54, 1.807) is 0 Å². The molecular formula is C15H26N4. The molecule has 2 rings (SSSR count). The van der Waals surface area contributed by atoms with Gasteiger partial charge in [0.15, 0.2) is 0 Å². The van der Waals surface area contributed by atoms with Gasteiger partial charge in [-0.2, -0.15) is 0 Å². The van der Waals surface area contributed by atoms with Gasteiger partial charge < -0.3 is 10.2 Å². The highest BCUT2D eigenvalue weighted by Crippen LogP contribution is 2.33. The van der Waals surface area contributed by atoms with E-state index in [0.29, 0.717) is 5.41 Å². The van der Waals surface area contributed by atoms with Gasteiger partial charge in [-0.25, -0.2) is 9.97 Å². The summed E-state index contributed by atoms with van der Waals surface area (Å²) in [6.45, 7) is 11.1. The number of anilines is 2. The average Bonchev–Trinajstić information content (AvgIpc) is 2.38. The number of rotatable bonds is 3. The molecule has 19 heavy (non-hydrogen) atoms. The molecular weight excluding hydrogens is 236 g/mol. The van der Waals surface area contributed by atoms with Crippen molar-refractivity contribution in [1.29, 1.82) is 0 Å². The minimum Gasteiger partial charge on any atom is -0.373 e. The van der Waals surface area contributed by atoms with E-state index in [9.17, 15) is 0 Å². The van der Waals surface area contributed by atoms with Crippen LogP contribution in [0.25, 0.3) is 0 Å². The van der Waals surface area contributed by atoms with Crippen LogP contribution in [0.5, 0.6) is 0 Å². The van der Waals surface area contributed by atoms with Crippen molar-refractivity contribution in [3.05, 3.63) is 11.4 Å². The van der Waals surface area contributed by atoms with Crippen LogP contribution in [-0.4, -0.2) is 30.1 Å². The standard InChI is InChI=1S/C15H26N4/c1-6-12-17-13(16-5)11(2)14(18-12)19-9-7-8-15(3,4)10-19/h6-10H2,1-5H3,(H,16,17,18). The van der Waals surface area contributed by atoms with E-state index in [1.807, 2.05) is 7.05 Å². The molecule has 106 valence electrons. The number of hydrogen-bond donors (Lipinski definition) is 1. The van der Waals surface area contributed by atoms with Crippen molar-refractivity contribution in [2.75, 3.05) is 30.4 Å². The van der Waals surface area contributed by atoms with E-state index in [0.717, 1.165) is 42.5 Å². The van der Waals surface area contributed by atoms with Crippen LogP contribution in [0.2, 0.25) is 0 Å². The van der Waals surface area contributed by atoms with Gasteiger partial charge in [0.1, 0.15) is 17.5 Å². The fourth-order valence-electron chi connectivity index (χ4n) is 2.86. The lowest BCUT2D eigenvalue weighted by Gasteiger charge is -2.39. The Bertz CT molecular complexity index is 454. The van der Waals surface area contributed by atoms with E-state index in [2.05, 4.69) is 42.9 Å². The van der Waals surface area contributed by atoms with E-state index >= 15 is 0 Å². The van der Waals surface area contributed by atoms with E-state index in [1.165, 1.54) is 12.8 Å². The first-order valence-corrected chi connectivity index (χ1v) is 7.27. The van der Waals surface area contributed by atoms with Gasteiger partial charge in [0.25, 0.3) is 0 Å². The quantitative estimate of drug-likeness (QED) is 0.909. The number of hydrogen-bond acceptors (Lipinski definition) is 4. The third kappa shape index (κ3) is 2.99. The van der Waals surface area contributed by atoms with Crippen LogP contribution in [-0.2, 0) is 6.42 Å². The number of nitrogens with one attached hydrogen (secondary N) is 1. The highest BCUT2D eigenvalue weighted by molar-refractivity contribution is 5.58. The van der Waals surface area contributed by atoms with Gasteiger partial charge in [-0.05, 0) is 25.2 Å². The molecule has 0 aliphatic carbocycles. The molecule has 1 aromatic heterocycles. The number of nitrogens with zero attached hydrogens (tertiary/aromatic N) is 3. The largest absolute Gasteiger partial charge is 0.373 e. The molecule has 0 atom stereocenters. The summed E-state index contributed by atoms with van der Waals surface area (Å²) in [6.07, 6.45) is 3.42. The van der Waals surface area contributed by atoms with E-state index in [4.69, 9.17) is 4.98 Å². The zero-order chi connectivity index (χ0) is 14.0. The second-order valence-corrected chi connectivity index (χ2v) is 6.23. The highest BCUT2D eigenvalue weighted by atomic mass is 15.2. The van der Waals surface area contributed by atoms with Crippen molar-refractivity contribution in [3.63, 3.8) is 0 Å². The number of piperidine rings is 1. The Balaban J connectivity index is 2.37. The molecule has 1 aromatic rings. The van der Waals surface area contributed by atoms with Crippen LogP contribution >= 0.6 is 0 Å². The summed E-state index contributed by atoms with van der Waals surface area (Å²) in [5.74, 6) is 3.00. The molecule has 1 aliphatic rings. The van der Waals surface area contributed by atoms with Gasteiger partial charge in [0.2, 0.25) is 0 Å². The molecule has 0 spiro atoms. The molecule has 2 heterocycles. The summed E-state index contributed by atoms with van der Waals surface area (Å²) in [5, 5.41) is 3.19. The maximum absolute atomic E-state index is 4.76. The van der Waals surface area contributed by atoms with Gasteiger partial charge in [0.05, 0.1) is 0 Å². The monoisotopic (exact) mass is 262 g/mol. The van der Waals surface area contributed by atoms with Gasteiger partial charge in [-0.1, -0.05) is 20.8 Å². The van der Waals surface area contributed by atoms with Gasteiger partial charge in [-0.3, -0.25) is 0 Å². The smallest absolute Gasteiger partial charge is 0.137 e. The lowest BCUT2D eigenvalue weighted by Crippen LogP contribution is -2.41. The van der Waals surface area contributed by atoms with Crippen molar-refractivity contribution >= 4 is 11.6 Å². The lowest BCUT2D eigenvalue weighted by molar-refractivity contribution is 0.292. The van der Waals surface area contributed by atoms with E-state index in [-0.39, 0.29) is 0 Å². The summed E-state index contributed by atoms with van der Waals surface area (Å²) in [6, 6.07) is 0. The molecule has 4 nitrogen and oxygen atoms in total. The maximum atomic E-state index is 4.76. The zero-order valence-electron chi connectivity index (χ0n) is 12.9. The Morgan fingerprint density at radius 2 is 2.05 bits per heavy atom. The maximum Gasteiger partial charge on any atom is 0.137 e. The van der Waals surface area contributed by atoms with Crippen molar-refractivity contribution in [3.8, 4) is 0 Å². The minimum absolute atomic E-state index is 0.377. The van der Waals surface area contributed by atoms with Crippen molar-refractivity contribution in [2.45, 2.75) is 47.0 Å². The number of aryl methyl sites for hydroxylation is 1. The molecule has 4 heteroatoms. The second-order valence-electron chi connectivity index (χ2n) is 6.23. The normalized spacial score (nSPS) is 18.5. The molecule has 0 aromatic carbocycles. The predicted octanol–water partition coefficient (Wildman–Crippen LogP) is 3.02. The van der Waals surface area contributed by atoms with Gasteiger partial charge in [0, 0.05) is 32.1 Å². The third-order valence-electron chi connectivity index (χ3n) is 3.92. The van der Waals surface area contributed by atoms with Gasteiger partial charge in [-0.15, -0.1) is 0 Å². The highest BCUT2D eigenvalue weighted by Gasteiger charge is 2.28. The first-order valence-electron chi connectivity index (χ1n) is 7.27. The molecule has 0 unspecified atom stereocenters. The summed E-state index contributed by atoms with van der Waals surface area (Å²) >= 11 is 0. The summed E-state index contributed by atoms with van der Waals surface area (Å²) in [4.78, 5) is 11.7. The third-order valence-corrected chi connectivity index (χ3v) is 3.92. The molecule has 0 amide bonds. The van der Waals surface area contributed by atoms with Crippen LogP contribution in [0.1, 0.15) is 45.0 Å². The summed E-state index contributed by atoms with van der Waals surface area (Å²) in [5.41, 5.74) is 1.54. The van der Waals surface area contributed by atoms with Crippen molar-refractivity contribution in [1.82, 2.24) is 9.97 Å². The number of aromatic nitrogens is 2. The molecule has 1 fully saturated rings. The Labute approximate surface area is 116 Å². The zero-order valence-corrected chi connectivity index (χ0v) is 12.9. The second kappa shape index (κ2) is 5.35. The average molecular weight is 262 g/mol. The van der Waals surface area contributed by atoms with Crippen LogP contribution in [0.15, 0.2) is 0 Å². The van der Waals surface area contributed by atoms with Crippen LogP contribution < -0.4 is 10.2 Å². The minimum atomic E-state index is 0.377. The molecule has 1 N–H and O–H groups in total. The predicted molar refractivity (Wildman–Crippen MR) is 80.9 cm³/mol. The fourth-order valence-corrected chi connectivity index (χ4v) is 2.86. The van der Waals surface area contributed by atoms with Crippen LogP contribution in [0, 0.1) is 12.3 Å². The van der Waals surface area contributed by atoms with Crippen LogP contribution in [0.3, 0.4) is 0 Å². The van der Waals surface area contributed by atoms with E-state index < -0.39 is 0 Å². The Morgan fingerprint density at radius 1 is 1.32 bits per heavy atom. The molecule has 1 aliphatic heterocycles. The molecule has 0 radical (unpaired) electrons. The Morgan fingerprint density at radius 3 is 2.63 bits per heavy atom. The molecule has 1 saturated heterocycles. The Kier molecular flexibility index (Phi) is 3.97. The lowest BCUT2D eigenvalue weighted by atomic mass is 9.84. The first kappa shape index (κ1) is 14.1. The topological polar surface area (TPSA) is 41.1 Å².